The molecule has 4 rings (SSSR count). The third kappa shape index (κ3) is 2.89. The van der Waals surface area contributed by atoms with E-state index in [9.17, 15) is 9.90 Å². The number of benzene rings is 3. The molecule has 1 unspecified atom stereocenters. The number of carbonyl (C=O) groups is 1. The van der Waals surface area contributed by atoms with E-state index in [2.05, 4.69) is 0 Å². The summed E-state index contributed by atoms with van der Waals surface area (Å²) in [5, 5.41) is 10.2. The number of hydrogen-bond acceptors (Lipinski definition) is 3. The van der Waals surface area contributed by atoms with E-state index in [-0.39, 0.29) is 22.7 Å². The van der Waals surface area contributed by atoms with Gasteiger partial charge < -0.3 is 23.4 Å². The van der Waals surface area contributed by atoms with Crippen LogP contribution in [0.25, 0.3) is 0 Å². The van der Waals surface area contributed by atoms with E-state index in [1.165, 1.54) is 12.3 Å². The molecule has 1 aliphatic heterocycles. The van der Waals surface area contributed by atoms with Gasteiger partial charge in [-0.1, -0.05) is 54.1 Å². The highest BCUT2D eigenvalue weighted by atomic mass is 19.1. The van der Waals surface area contributed by atoms with E-state index >= 15 is 4.32 Å². The Balaban J connectivity index is 1.90. The number of nitrogens with zero attached hydrogens (tertiary/aromatic N) is 1. The van der Waals surface area contributed by atoms with Gasteiger partial charge in [-0.25, -0.2) is 0 Å². The molecule has 3 aromatic rings. The van der Waals surface area contributed by atoms with Crippen LogP contribution in [0.4, 0.5) is 10.0 Å². The number of rotatable bonds is 3. The van der Waals surface area contributed by atoms with Gasteiger partial charge in [-0.15, -0.1) is 0 Å². The number of para-hydroxylation sites is 3. The second-order valence-corrected chi connectivity index (χ2v) is 6.56. The Labute approximate surface area is 156 Å². The van der Waals surface area contributed by atoms with Crippen molar-refractivity contribution in [1.82, 2.24) is 0 Å². The van der Waals surface area contributed by atoms with E-state index in [0.717, 1.165) is 10.0 Å². The number of aryl methyl sites for hydroxylation is 1. The Kier molecular flexibility index (Phi) is 4.03. The molecule has 0 saturated carbocycles. The van der Waals surface area contributed by atoms with Crippen LogP contribution in [-0.4, -0.2) is 28.3 Å². The third-order valence-electron chi connectivity index (χ3n) is 4.66. The van der Waals surface area contributed by atoms with Crippen LogP contribution >= 0.6 is 0 Å². The first kappa shape index (κ1) is 17.0. The third-order valence-corrected chi connectivity index (χ3v) is 4.66. The largest absolute Gasteiger partial charge is 0.704 e. The van der Waals surface area contributed by atoms with Crippen molar-refractivity contribution in [3.63, 3.8) is 0 Å². The minimum atomic E-state index is -3.66. The van der Waals surface area contributed by atoms with Gasteiger partial charge in [-0.3, -0.25) is 0 Å². The van der Waals surface area contributed by atoms with E-state index < -0.39 is 12.4 Å². The molecule has 0 amide bonds. The van der Waals surface area contributed by atoms with Gasteiger partial charge in [0, 0.05) is 6.07 Å². The van der Waals surface area contributed by atoms with Crippen molar-refractivity contribution in [2.24, 2.45) is 0 Å². The Morgan fingerprint density at radius 2 is 1.67 bits per heavy atom. The average molecular weight is 361 g/mol. The van der Waals surface area contributed by atoms with Crippen molar-refractivity contribution >= 4 is 24.3 Å². The molecule has 3 aromatic carbocycles. The lowest BCUT2D eigenvalue weighted by Gasteiger charge is -2.33. The summed E-state index contributed by atoms with van der Waals surface area (Å²) in [6, 6.07) is 19.8. The van der Waals surface area contributed by atoms with Gasteiger partial charge in [-0.2, -0.15) is 0 Å². The molecule has 0 aliphatic carbocycles. The number of hydrogen-bond donors (Lipinski definition) is 1. The highest BCUT2D eigenvalue weighted by Gasteiger charge is 2.55. The molecule has 6 heteroatoms. The average Bonchev–Trinajstić information content (AvgIpc) is 2.68. The molecule has 1 atom stereocenters. The second kappa shape index (κ2) is 6.39. The molecule has 0 aromatic heterocycles. The van der Waals surface area contributed by atoms with Gasteiger partial charge in [0.05, 0.1) is 11.3 Å². The molecule has 0 radical (unpaired) electrons. The number of fused-ring (bicyclic) bond motifs is 1. The molecule has 0 bridgehead atoms. The first-order valence-corrected chi connectivity index (χ1v) is 8.63. The van der Waals surface area contributed by atoms with Gasteiger partial charge in [0.15, 0.2) is 17.1 Å². The lowest BCUT2D eigenvalue weighted by Crippen LogP contribution is -2.57. The Hall–Kier alpha value is -3.41. The predicted molar refractivity (Wildman–Crippen MR) is 103 cm³/mol. The van der Waals surface area contributed by atoms with Crippen LogP contribution in [0, 0.1) is 6.92 Å². The van der Waals surface area contributed by atoms with Crippen molar-refractivity contribution in [2.45, 2.75) is 6.92 Å². The molecule has 27 heavy (non-hydrogen) atoms. The predicted octanol–water partition coefficient (Wildman–Crippen LogP) is 4.19. The molecular weight excluding hydrogens is 344 g/mol. The standard InChI is InChI=1S/C21H17BFNO3/c1-15-10-12-16(13-11-15)21(26)22(23)24(18-7-3-4-8-19(18)25)14-17-6-2-5-9-20(17)27-22/h2-14,25H,1H3. The fraction of sp³-hybridized carbons (Fsp3) is 0.0476. The summed E-state index contributed by atoms with van der Waals surface area (Å²) in [5.74, 6) is 0.143. The van der Waals surface area contributed by atoms with Gasteiger partial charge >= 0.3 is 6.76 Å². The quantitative estimate of drug-likeness (QED) is 0.712. The summed E-state index contributed by atoms with van der Waals surface area (Å²) in [6.07, 6.45) is 1.50. The van der Waals surface area contributed by atoms with Crippen LogP contribution in [0.3, 0.4) is 0 Å². The van der Waals surface area contributed by atoms with Crippen molar-refractivity contribution < 1.29 is 23.4 Å². The normalized spacial score (nSPS) is 18.2. The second-order valence-electron chi connectivity index (χ2n) is 6.56. The molecular formula is C21H17BFNO3. The van der Waals surface area contributed by atoms with E-state index in [4.69, 9.17) is 4.65 Å². The van der Waals surface area contributed by atoms with Crippen LogP contribution in [0.2, 0.25) is 0 Å². The lowest BCUT2D eigenvalue weighted by molar-refractivity contribution is -0.323. The van der Waals surface area contributed by atoms with Crippen LogP contribution in [-0.2, 0) is 0 Å². The maximum absolute atomic E-state index is 16.2. The highest BCUT2D eigenvalue weighted by Crippen LogP contribution is 2.35. The van der Waals surface area contributed by atoms with Gasteiger partial charge in [-0.05, 0) is 30.7 Å². The number of aromatic hydroxyl groups is 1. The first-order chi connectivity index (χ1) is 13.0. The zero-order valence-electron chi connectivity index (χ0n) is 14.7. The highest BCUT2D eigenvalue weighted by molar-refractivity contribution is 6.94. The molecule has 134 valence electrons. The number of halogens is 1. The zero-order chi connectivity index (χ0) is 19.0. The molecule has 1 aliphatic rings. The van der Waals surface area contributed by atoms with Crippen molar-refractivity contribution in [3.05, 3.63) is 89.5 Å². The zero-order valence-corrected chi connectivity index (χ0v) is 14.7. The Morgan fingerprint density at radius 1 is 1.00 bits per heavy atom. The van der Waals surface area contributed by atoms with Crippen molar-refractivity contribution in [1.29, 1.82) is 0 Å². The molecule has 0 saturated heterocycles. The van der Waals surface area contributed by atoms with E-state index in [0.29, 0.717) is 5.56 Å². The smallest absolute Gasteiger partial charge is 0.624 e. The molecule has 1 heterocycles. The summed E-state index contributed by atoms with van der Waals surface area (Å²) in [5.41, 5.74) is 1.16. The Morgan fingerprint density at radius 3 is 2.41 bits per heavy atom. The fourth-order valence-electron chi connectivity index (χ4n) is 3.20. The number of phenolic OH excluding ortho intramolecular Hbond substituents is 1. The summed E-state index contributed by atoms with van der Waals surface area (Å²) < 4.78 is 23.0. The summed E-state index contributed by atoms with van der Waals surface area (Å²) >= 11 is 0. The van der Waals surface area contributed by atoms with Gasteiger partial charge in [0.2, 0.25) is 0 Å². The number of phenols is 1. The topological polar surface area (TPSA) is 49.5 Å². The maximum atomic E-state index is 16.2. The summed E-state index contributed by atoms with van der Waals surface area (Å²) in [7, 11) is 0. The van der Waals surface area contributed by atoms with E-state index in [1.807, 2.05) is 6.92 Å². The SMILES string of the molecule is Cc1ccc(C(=O)[B-]2(F)Oc3ccccc3C=[N+]2c2ccccc2O)cc1. The maximum Gasteiger partial charge on any atom is 0.704 e. The van der Waals surface area contributed by atoms with E-state index in [1.54, 1.807) is 66.7 Å². The monoisotopic (exact) mass is 361 g/mol. The number of carbonyl (C=O) groups excluding carboxylic acids is 1. The van der Waals surface area contributed by atoms with Crippen LogP contribution in [0.15, 0.2) is 72.8 Å². The molecule has 0 fully saturated rings. The molecule has 0 spiro atoms. The van der Waals surface area contributed by atoms with Crippen molar-refractivity contribution in [3.8, 4) is 11.5 Å². The minimum Gasteiger partial charge on any atom is -0.624 e. The molecule has 1 N–H and O–H groups in total. The van der Waals surface area contributed by atoms with Gasteiger partial charge in [0.25, 0.3) is 0 Å². The van der Waals surface area contributed by atoms with Crippen LogP contribution in [0.5, 0.6) is 11.5 Å². The first-order valence-electron chi connectivity index (χ1n) is 8.63. The summed E-state index contributed by atoms with van der Waals surface area (Å²) in [6.45, 7) is -1.77. The van der Waals surface area contributed by atoms with Crippen LogP contribution < -0.4 is 4.65 Å². The fourth-order valence-corrected chi connectivity index (χ4v) is 3.20. The van der Waals surface area contributed by atoms with Crippen LogP contribution in [0.1, 0.15) is 21.5 Å². The Bertz CT molecular complexity index is 1070. The lowest BCUT2D eigenvalue weighted by atomic mass is 9.65. The van der Waals surface area contributed by atoms with Crippen molar-refractivity contribution in [2.75, 3.05) is 0 Å². The summed E-state index contributed by atoms with van der Waals surface area (Å²) in [4.78, 5) is 13.1. The minimum absolute atomic E-state index is 0.141. The molecule has 4 nitrogen and oxygen atoms in total. The van der Waals surface area contributed by atoms with Gasteiger partial charge in [0.1, 0.15) is 6.21 Å².